The highest BCUT2D eigenvalue weighted by Crippen LogP contribution is 2.15. The van der Waals surface area contributed by atoms with Gasteiger partial charge in [0, 0.05) is 22.4 Å². The Kier molecular flexibility index (Phi) is 9.53. The Morgan fingerprint density at radius 1 is 0.833 bits per heavy atom. The molecule has 0 aromatic heterocycles. The third kappa shape index (κ3) is 7.64. The molecule has 186 valence electrons. The second-order valence-electron chi connectivity index (χ2n) is 7.94. The molecule has 0 fully saturated rings. The topological polar surface area (TPSA) is 109 Å². The van der Waals surface area contributed by atoms with E-state index in [9.17, 15) is 14.4 Å². The van der Waals surface area contributed by atoms with Gasteiger partial charge in [-0.15, -0.1) is 0 Å². The summed E-state index contributed by atoms with van der Waals surface area (Å²) in [5.41, 5.74) is 7.66. The molecule has 0 aliphatic carbocycles. The molecule has 0 saturated carbocycles. The number of rotatable bonds is 8. The van der Waals surface area contributed by atoms with E-state index < -0.39 is 11.8 Å². The number of carbonyl (C=O) groups excluding carboxylic acids is 3. The summed E-state index contributed by atoms with van der Waals surface area (Å²) < 4.78 is 5.62. The minimum Gasteiger partial charge on any atom is -0.494 e. The Bertz CT molecular complexity index is 1240. The molecular formula is C27H28N4O4S. The van der Waals surface area contributed by atoms with Crippen LogP contribution in [0.4, 0.5) is 5.69 Å². The molecule has 0 unspecified atom stereocenters. The molecule has 0 aliphatic heterocycles. The summed E-state index contributed by atoms with van der Waals surface area (Å²) in [5.74, 6) is -0.529. The van der Waals surface area contributed by atoms with Crippen LogP contribution in [0.2, 0.25) is 0 Å². The van der Waals surface area contributed by atoms with E-state index in [0.717, 1.165) is 18.4 Å². The Balaban J connectivity index is 1.48. The molecule has 0 heterocycles. The van der Waals surface area contributed by atoms with Crippen molar-refractivity contribution < 1.29 is 19.1 Å². The quantitative estimate of drug-likeness (QED) is 0.206. The van der Waals surface area contributed by atoms with Crippen molar-refractivity contribution in [2.75, 3.05) is 11.9 Å². The van der Waals surface area contributed by atoms with Crippen molar-refractivity contribution in [1.29, 1.82) is 0 Å². The smallest absolute Gasteiger partial charge is 0.269 e. The highest BCUT2D eigenvalue weighted by Gasteiger charge is 2.12. The summed E-state index contributed by atoms with van der Waals surface area (Å²) in [7, 11) is 0. The Morgan fingerprint density at radius 2 is 1.58 bits per heavy atom. The standard InChI is InChI=1S/C27H28N4O4S/c1-3-4-16-35-22-10-7-9-20(17-22)24(32)29-27(36)31-30-25(33)19-12-14-21(15-13-19)28-26(34)23-11-6-5-8-18(23)2/h5-15,17H,3-4,16H2,1-2H3,(H,28,34)(H,30,33)(H2,29,31,32,36). The number of thiocarbonyl (C=S) groups is 1. The first-order chi connectivity index (χ1) is 17.4. The average Bonchev–Trinajstić information content (AvgIpc) is 2.88. The number of amides is 3. The molecule has 3 aromatic rings. The van der Waals surface area contributed by atoms with E-state index in [-0.39, 0.29) is 11.0 Å². The minimum absolute atomic E-state index is 0.0623. The number of hydrazine groups is 1. The molecule has 36 heavy (non-hydrogen) atoms. The SMILES string of the molecule is CCCCOc1cccc(C(=O)NC(=S)NNC(=O)c2ccc(NC(=O)c3ccccc3C)cc2)c1. The van der Waals surface area contributed by atoms with Gasteiger partial charge in [-0.25, -0.2) is 0 Å². The lowest BCUT2D eigenvalue weighted by Gasteiger charge is -2.12. The molecule has 0 radical (unpaired) electrons. The number of benzene rings is 3. The van der Waals surface area contributed by atoms with Gasteiger partial charge in [0.05, 0.1) is 6.61 Å². The lowest BCUT2D eigenvalue weighted by atomic mass is 10.1. The number of aryl methyl sites for hydroxylation is 1. The van der Waals surface area contributed by atoms with Gasteiger partial charge >= 0.3 is 0 Å². The van der Waals surface area contributed by atoms with Crippen LogP contribution in [-0.2, 0) is 0 Å². The van der Waals surface area contributed by atoms with Crippen LogP contribution < -0.4 is 26.2 Å². The van der Waals surface area contributed by atoms with Crippen molar-refractivity contribution >= 4 is 40.7 Å². The molecule has 3 aromatic carbocycles. The van der Waals surface area contributed by atoms with Crippen molar-refractivity contribution in [1.82, 2.24) is 16.2 Å². The number of hydrogen-bond donors (Lipinski definition) is 4. The molecule has 9 heteroatoms. The zero-order valence-corrected chi connectivity index (χ0v) is 20.9. The summed E-state index contributed by atoms with van der Waals surface area (Å²) in [4.78, 5) is 37.3. The fourth-order valence-corrected chi connectivity index (χ4v) is 3.33. The van der Waals surface area contributed by atoms with Crippen molar-refractivity contribution in [3.8, 4) is 5.75 Å². The first-order valence-electron chi connectivity index (χ1n) is 11.5. The van der Waals surface area contributed by atoms with Gasteiger partial charge < -0.3 is 10.1 Å². The fourth-order valence-electron chi connectivity index (χ4n) is 3.18. The van der Waals surface area contributed by atoms with E-state index in [2.05, 4.69) is 28.4 Å². The summed E-state index contributed by atoms with van der Waals surface area (Å²) in [6.07, 6.45) is 1.94. The van der Waals surface area contributed by atoms with Crippen LogP contribution in [0.25, 0.3) is 0 Å². The first kappa shape index (κ1) is 26.4. The van der Waals surface area contributed by atoms with Gasteiger partial charge in [-0.2, -0.15) is 0 Å². The normalized spacial score (nSPS) is 10.2. The molecule has 0 atom stereocenters. The Hall–Kier alpha value is -4.24. The van der Waals surface area contributed by atoms with E-state index in [1.54, 1.807) is 60.7 Å². The molecule has 0 bridgehead atoms. The molecule has 3 rings (SSSR count). The lowest BCUT2D eigenvalue weighted by Crippen LogP contribution is -2.48. The van der Waals surface area contributed by atoms with Crippen LogP contribution in [0.15, 0.2) is 72.8 Å². The van der Waals surface area contributed by atoms with Crippen LogP contribution in [0.1, 0.15) is 56.4 Å². The van der Waals surface area contributed by atoms with E-state index in [1.807, 2.05) is 19.1 Å². The van der Waals surface area contributed by atoms with Gasteiger partial charge in [-0.05, 0) is 79.7 Å². The maximum absolute atomic E-state index is 12.5. The average molecular weight is 505 g/mol. The van der Waals surface area contributed by atoms with E-state index in [0.29, 0.717) is 34.7 Å². The molecule has 0 aliphatic rings. The predicted molar refractivity (Wildman–Crippen MR) is 143 cm³/mol. The van der Waals surface area contributed by atoms with Crippen LogP contribution in [0.5, 0.6) is 5.75 Å². The number of anilines is 1. The molecule has 3 amide bonds. The fraction of sp³-hybridized carbons (Fsp3) is 0.185. The van der Waals surface area contributed by atoms with Crippen LogP contribution >= 0.6 is 12.2 Å². The minimum atomic E-state index is -0.463. The van der Waals surface area contributed by atoms with Crippen LogP contribution in [0.3, 0.4) is 0 Å². The van der Waals surface area contributed by atoms with Gasteiger partial charge in [-0.1, -0.05) is 37.6 Å². The lowest BCUT2D eigenvalue weighted by molar-refractivity contribution is 0.0934. The second kappa shape index (κ2) is 13.0. The maximum Gasteiger partial charge on any atom is 0.269 e. The first-order valence-corrected chi connectivity index (χ1v) is 11.9. The summed E-state index contributed by atoms with van der Waals surface area (Å²) in [5, 5.41) is 5.26. The highest BCUT2D eigenvalue weighted by atomic mass is 32.1. The van der Waals surface area contributed by atoms with E-state index >= 15 is 0 Å². The van der Waals surface area contributed by atoms with E-state index in [1.165, 1.54) is 0 Å². The third-order valence-electron chi connectivity index (χ3n) is 5.17. The Labute approximate surface area is 215 Å². The van der Waals surface area contributed by atoms with Gasteiger partial charge in [0.1, 0.15) is 5.75 Å². The van der Waals surface area contributed by atoms with Crippen LogP contribution in [0, 0.1) is 6.92 Å². The van der Waals surface area contributed by atoms with Crippen molar-refractivity contribution in [2.24, 2.45) is 0 Å². The summed E-state index contributed by atoms with van der Waals surface area (Å²) in [6, 6.07) is 20.4. The van der Waals surface area contributed by atoms with Crippen LogP contribution in [-0.4, -0.2) is 29.4 Å². The summed E-state index contributed by atoms with van der Waals surface area (Å²) in [6.45, 7) is 4.51. The number of nitrogens with one attached hydrogen (secondary N) is 4. The zero-order valence-electron chi connectivity index (χ0n) is 20.1. The number of hydrogen-bond acceptors (Lipinski definition) is 5. The van der Waals surface area contributed by atoms with Gasteiger partial charge in [0.2, 0.25) is 0 Å². The maximum atomic E-state index is 12.5. The highest BCUT2D eigenvalue weighted by molar-refractivity contribution is 7.80. The molecule has 4 N–H and O–H groups in total. The van der Waals surface area contributed by atoms with Crippen molar-refractivity contribution in [3.63, 3.8) is 0 Å². The zero-order chi connectivity index (χ0) is 25.9. The third-order valence-corrected chi connectivity index (χ3v) is 5.38. The van der Waals surface area contributed by atoms with Gasteiger partial charge in [0.25, 0.3) is 17.7 Å². The second-order valence-corrected chi connectivity index (χ2v) is 8.35. The molecule has 0 spiro atoms. The molecule has 8 nitrogen and oxygen atoms in total. The summed E-state index contributed by atoms with van der Waals surface area (Å²) >= 11 is 5.11. The number of unbranched alkanes of at least 4 members (excludes halogenated alkanes) is 1. The van der Waals surface area contributed by atoms with Gasteiger partial charge in [-0.3, -0.25) is 30.6 Å². The molecule has 0 saturated heterocycles. The predicted octanol–water partition coefficient (Wildman–Crippen LogP) is 4.38. The van der Waals surface area contributed by atoms with Crippen molar-refractivity contribution in [2.45, 2.75) is 26.7 Å². The van der Waals surface area contributed by atoms with Gasteiger partial charge in [0.15, 0.2) is 5.11 Å². The number of carbonyl (C=O) groups is 3. The molecular weight excluding hydrogens is 476 g/mol. The monoisotopic (exact) mass is 504 g/mol. The Morgan fingerprint density at radius 3 is 2.31 bits per heavy atom. The van der Waals surface area contributed by atoms with E-state index in [4.69, 9.17) is 17.0 Å². The number of ether oxygens (including phenoxy) is 1. The largest absolute Gasteiger partial charge is 0.494 e. The van der Waals surface area contributed by atoms with Crippen molar-refractivity contribution in [3.05, 3.63) is 95.1 Å².